The number of nitrogens with two attached hydrogens (primary N) is 1. The highest BCUT2D eigenvalue weighted by Crippen LogP contribution is 2.16. The Labute approximate surface area is 85.5 Å². The summed E-state index contributed by atoms with van der Waals surface area (Å²) in [6.07, 6.45) is -0.224. The van der Waals surface area contributed by atoms with Crippen molar-refractivity contribution in [3.63, 3.8) is 0 Å². The van der Waals surface area contributed by atoms with Gasteiger partial charge in [-0.15, -0.1) is 0 Å². The molecule has 0 radical (unpaired) electrons. The highest BCUT2D eigenvalue weighted by atomic mass is 19.2. The summed E-state index contributed by atoms with van der Waals surface area (Å²) in [7, 11) is 0. The maximum absolute atomic E-state index is 13.3. The zero-order valence-corrected chi connectivity index (χ0v) is 8.13. The lowest BCUT2D eigenvalue weighted by Crippen LogP contribution is -2.32. The van der Waals surface area contributed by atoms with Crippen molar-refractivity contribution < 1.29 is 18.7 Å². The van der Waals surface area contributed by atoms with E-state index in [1.165, 1.54) is 19.1 Å². The molecule has 82 valence electrons. The molecule has 0 aromatic heterocycles. The van der Waals surface area contributed by atoms with Crippen molar-refractivity contribution in [3.05, 3.63) is 34.9 Å². The maximum Gasteiger partial charge on any atom is 0.320 e. The zero-order chi connectivity index (χ0) is 11.6. The minimum atomic E-state index is -1.24. The Bertz CT molecular complexity index is 393. The number of benzene rings is 1. The largest absolute Gasteiger partial charge is 0.480 e. The van der Waals surface area contributed by atoms with E-state index < -0.39 is 23.6 Å². The third-order valence-corrected chi connectivity index (χ3v) is 2.11. The van der Waals surface area contributed by atoms with Crippen LogP contribution < -0.4 is 5.73 Å². The molecule has 1 aromatic carbocycles. The fourth-order valence-electron chi connectivity index (χ4n) is 1.17. The number of hydrogen-bond acceptors (Lipinski definition) is 2. The molecule has 3 nitrogen and oxygen atoms in total. The average molecular weight is 215 g/mol. The molecule has 15 heavy (non-hydrogen) atoms. The third kappa shape index (κ3) is 2.50. The zero-order valence-electron chi connectivity index (χ0n) is 8.13. The Morgan fingerprint density at radius 2 is 2.07 bits per heavy atom. The number of hydrogen-bond donors (Lipinski definition) is 2. The molecule has 1 aromatic rings. The van der Waals surface area contributed by atoms with Crippen LogP contribution in [0.5, 0.6) is 0 Å². The van der Waals surface area contributed by atoms with Crippen molar-refractivity contribution in [3.8, 4) is 0 Å². The van der Waals surface area contributed by atoms with E-state index >= 15 is 0 Å². The van der Waals surface area contributed by atoms with Crippen LogP contribution in [0.2, 0.25) is 0 Å². The fraction of sp³-hybridized carbons (Fsp3) is 0.300. The van der Waals surface area contributed by atoms with Crippen LogP contribution in [-0.4, -0.2) is 17.1 Å². The maximum atomic E-state index is 13.3. The molecule has 1 rings (SSSR count). The molecule has 3 N–H and O–H groups in total. The SMILES string of the molecule is Cc1ccc(C[C@H](N)C(=O)O)c(F)c1F. The van der Waals surface area contributed by atoms with Gasteiger partial charge in [0.25, 0.3) is 0 Å². The molecule has 0 aliphatic rings. The lowest BCUT2D eigenvalue weighted by Gasteiger charge is -2.08. The first kappa shape index (κ1) is 11.6. The van der Waals surface area contributed by atoms with Crippen LogP contribution in [0.3, 0.4) is 0 Å². The monoisotopic (exact) mass is 215 g/mol. The van der Waals surface area contributed by atoms with Crippen LogP contribution in [0.25, 0.3) is 0 Å². The van der Waals surface area contributed by atoms with Gasteiger partial charge in [-0.25, -0.2) is 8.78 Å². The smallest absolute Gasteiger partial charge is 0.320 e. The fourth-order valence-corrected chi connectivity index (χ4v) is 1.17. The molecule has 0 unspecified atom stereocenters. The highest BCUT2D eigenvalue weighted by molar-refractivity contribution is 5.73. The Morgan fingerprint density at radius 3 is 2.60 bits per heavy atom. The number of carbonyl (C=O) groups is 1. The molecule has 0 heterocycles. The summed E-state index contributed by atoms with van der Waals surface area (Å²) in [4.78, 5) is 10.4. The van der Waals surface area contributed by atoms with Gasteiger partial charge in [-0.2, -0.15) is 0 Å². The van der Waals surface area contributed by atoms with Gasteiger partial charge in [0, 0.05) is 6.42 Å². The lowest BCUT2D eigenvalue weighted by molar-refractivity contribution is -0.138. The topological polar surface area (TPSA) is 63.3 Å². The van der Waals surface area contributed by atoms with E-state index in [1.54, 1.807) is 0 Å². The van der Waals surface area contributed by atoms with Crippen LogP contribution in [-0.2, 0) is 11.2 Å². The first-order chi connectivity index (χ1) is 6.93. The van der Waals surface area contributed by atoms with E-state index in [0.717, 1.165) is 0 Å². The summed E-state index contributed by atoms with van der Waals surface area (Å²) in [5.74, 6) is -3.22. The molecule has 0 saturated heterocycles. The van der Waals surface area contributed by atoms with Gasteiger partial charge in [-0.05, 0) is 18.1 Å². The van der Waals surface area contributed by atoms with Gasteiger partial charge >= 0.3 is 5.97 Å². The van der Waals surface area contributed by atoms with Crippen LogP contribution in [0.4, 0.5) is 8.78 Å². The second-order valence-electron chi connectivity index (χ2n) is 3.32. The van der Waals surface area contributed by atoms with E-state index in [-0.39, 0.29) is 17.5 Å². The van der Waals surface area contributed by atoms with Crippen molar-refractivity contribution in [1.82, 2.24) is 0 Å². The molecule has 0 saturated carbocycles. The van der Waals surface area contributed by atoms with Gasteiger partial charge in [0.2, 0.25) is 0 Å². The normalized spacial score (nSPS) is 12.5. The summed E-state index contributed by atoms with van der Waals surface area (Å²) >= 11 is 0. The first-order valence-electron chi connectivity index (χ1n) is 4.35. The molecule has 0 amide bonds. The van der Waals surface area contributed by atoms with Crippen LogP contribution in [0.15, 0.2) is 12.1 Å². The predicted molar refractivity (Wildman–Crippen MR) is 50.4 cm³/mol. The number of carboxylic acid groups (broad SMARTS) is 1. The quantitative estimate of drug-likeness (QED) is 0.797. The van der Waals surface area contributed by atoms with Crippen LogP contribution in [0, 0.1) is 18.6 Å². The average Bonchev–Trinajstić information content (AvgIpc) is 2.18. The number of carboxylic acids is 1. The predicted octanol–water partition coefficient (Wildman–Crippen LogP) is 1.23. The Balaban J connectivity index is 2.97. The van der Waals surface area contributed by atoms with Crippen molar-refractivity contribution in [1.29, 1.82) is 0 Å². The molecule has 0 fully saturated rings. The van der Waals surface area contributed by atoms with Crippen molar-refractivity contribution in [2.45, 2.75) is 19.4 Å². The Morgan fingerprint density at radius 1 is 1.47 bits per heavy atom. The number of rotatable bonds is 3. The summed E-state index contributed by atoms with van der Waals surface area (Å²) in [6.45, 7) is 1.43. The van der Waals surface area contributed by atoms with Gasteiger partial charge < -0.3 is 10.8 Å². The molecule has 0 spiro atoms. The third-order valence-electron chi connectivity index (χ3n) is 2.11. The second-order valence-corrected chi connectivity index (χ2v) is 3.32. The molecule has 0 aliphatic heterocycles. The van der Waals surface area contributed by atoms with E-state index in [0.29, 0.717) is 0 Å². The van der Waals surface area contributed by atoms with Gasteiger partial charge in [-0.3, -0.25) is 4.79 Å². The second kappa shape index (κ2) is 4.35. The van der Waals surface area contributed by atoms with E-state index in [1.807, 2.05) is 0 Å². The van der Waals surface area contributed by atoms with Gasteiger partial charge in [0.1, 0.15) is 6.04 Å². The Hall–Kier alpha value is -1.49. The summed E-state index contributed by atoms with van der Waals surface area (Å²) in [5, 5.41) is 8.52. The summed E-state index contributed by atoms with van der Waals surface area (Å²) < 4.78 is 26.3. The first-order valence-corrected chi connectivity index (χ1v) is 4.35. The van der Waals surface area contributed by atoms with E-state index in [4.69, 9.17) is 10.8 Å². The minimum absolute atomic E-state index is 0.0204. The molecule has 1 atom stereocenters. The Kier molecular flexibility index (Phi) is 3.36. The number of aliphatic carboxylic acids is 1. The lowest BCUT2D eigenvalue weighted by atomic mass is 10.0. The van der Waals surface area contributed by atoms with Crippen molar-refractivity contribution >= 4 is 5.97 Å². The van der Waals surface area contributed by atoms with Crippen LogP contribution in [0.1, 0.15) is 11.1 Å². The standard InChI is InChI=1S/C10H11F2NO2/c1-5-2-3-6(9(12)8(5)11)4-7(13)10(14)15/h2-3,7H,4,13H2,1H3,(H,14,15)/t7-/m0/s1. The number of halogens is 2. The summed E-state index contributed by atoms with van der Waals surface area (Å²) in [6, 6.07) is 1.51. The van der Waals surface area contributed by atoms with E-state index in [2.05, 4.69) is 0 Å². The molecular weight excluding hydrogens is 204 g/mol. The highest BCUT2D eigenvalue weighted by Gasteiger charge is 2.17. The van der Waals surface area contributed by atoms with Gasteiger partial charge in [0.15, 0.2) is 11.6 Å². The molecule has 0 aliphatic carbocycles. The summed E-state index contributed by atoms with van der Waals surface area (Å²) in [5.41, 5.74) is 5.38. The van der Waals surface area contributed by atoms with E-state index in [9.17, 15) is 13.6 Å². The molecule has 5 heteroatoms. The number of aryl methyl sites for hydroxylation is 1. The van der Waals surface area contributed by atoms with Crippen molar-refractivity contribution in [2.75, 3.05) is 0 Å². The minimum Gasteiger partial charge on any atom is -0.480 e. The van der Waals surface area contributed by atoms with Crippen LogP contribution >= 0.6 is 0 Å². The molecular formula is C10H11F2NO2. The van der Waals surface area contributed by atoms with Crippen molar-refractivity contribution in [2.24, 2.45) is 5.73 Å². The van der Waals surface area contributed by atoms with Gasteiger partial charge in [0.05, 0.1) is 0 Å². The van der Waals surface area contributed by atoms with Gasteiger partial charge in [-0.1, -0.05) is 12.1 Å². The molecule has 0 bridgehead atoms.